The predicted octanol–water partition coefficient (Wildman–Crippen LogP) is 5.42. The van der Waals surface area contributed by atoms with E-state index in [0.717, 1.165) is 6.42 Å². The maximum atomic E-state index is 11.2. The number of hydrogen-bond acceptors (Lipinski definition) is 2. The van der Waals surface area contributed by atoms with Gasteiger partial charge in [-0.1, -0.05) is 63.5 Å². The molecule has 0 aliphatic carbocycles. The fourth-order valence-electron chi connectivity index (χ4n) is 2.12. The molecule has 0 spiro atoms. The van der Waals surface area contributed by atoms with E-state index < -0.39 is 0 Å². The molecule has 2 nitrogen and oxygen atoms in total. The molecule has 0 aromatic carbocycles. The Morgan fingerprint density at radius 1 is 0.947 bits per heavy atom. The number of carbonyl (C=O) groups is 1. The fourth-order valence-corrected chi connectivity index (χ4v) is 2.12. The summed E-state index contributed by atoms with van der Waals surface area (Å²) in [5.74, 6) is -0.113. The highest BCUT2D eigenvalue weighted by Gasteiger charge is 1.99. The molecule has 0 fully saturated rings. The van der Waals surface area contributed by atoms with Crippen LogP contribution in [0.5, 0.6) is 0 Å². The van der Waals surface area contributed by atoms with Gasteiger partial charge in [0.15, 0.2) is 0 Å². The Kier molecular flexibility index (Phi) is 13.1. The van der Waals surface area contributed by atoms with E-state index in [4.69, 9.17) is 4.74 Å². The zero-order valence-electron chi connectivity index (χ0n) is 13.2. The highest BCUT2D eigenvalue weighted by Crippen LogP contribution is 2.13. The summed E-state index contributed by atoms with van der Waals surface area (Å²) in [5, 5.41) is 0. The van der Waals surface area contributed by atoms with Crippen molar-refractivity contribution in [2.75, 3.05) is 6.61 Å². The molecule has 0 aliphatic rings. The normalized spacial score (nSPS) is 11.6. The Bertz CT molecular complexity index is 244. The van der Waals surface area contributed by atoms with Gasteiger partial charge < -0.3 is 4.74 Å². The average molecular weight is 268 g/mol. The molecule has 0 rings (SSSR count). The Morgan fingerprint density at radius 3 is 2.11 bits per heavy atom. The van der Waals surface area contributed by atoms with Crippen LogP contribution in [0.4, 0.5) is 0 Å². The highest BCUT2D eigenvalue weighted by atomic mass is 16.5. The van der Waals surface area contributed by atoms with E-state index in [2.05, 4.69) is 13.8 Å². The van der Waals surface area contributed by atoms with Gasteiger partial charge in [0, 0.05) is 0 Å². The maximum Gasteiger partial charge on any atom is 0.309 e. The van der Waals surface area contributed by atoms with E-state index in [1.165, 1.54) is 56.9 Å². The second-order valence-corrected chi connectivity index (χ2v) is 5.28. The third-order valence-electron chi connectivity index (χ3n) is 3.35. The van der Waals surface area contributed by atoms with Crippen molar-refractivity contribution in [3.05, 3.63) is 11.6 Å². The number of unbranched alkanes of at least 4 members (excludes halogenated alkanes) is 7. The van der Waals surface area contributed by atoms with Gasteiger partial charge in [-0.3, -0.25) is 4.79 Å². The van der Waals surface area contributed by atoms with Gasteiger partial charge in [0.25, 0.3) is 0 Å². The van der Waals surface area contributed by atoms with Crippen LogP contribution in [-0.4, -0.2) is 12.6 Å². The van der Waals surface area contributed by atoms with Crippen LogP contribution in [0.3, 0.4) is 0 Å². The monoisotopic (exact) mass is 268 g/mol. The van der Waals surface area contributed by atoms with Gasteiger partial charge in [-0.2, -0.15) is 0 Å². The van der Waals surface area contributed by atoms with Gasteiger partial charge >= 0.3 is 5.97 Å². The lowest BCUT2D eigenvalue weighted by Crippen LogP contribution is -2.01. The molecule has 0 N–H and O–H groups in total. The second-order valence-electron chi connectivity index (χ2n) is 5.28. The van der Waals surface area contributed by atoms with Crippen LogP contribution < -0.4 is 0 Å². The molecule has 19 heavy (non-hydrogen) atoms. The smallest absolute Gasteiger partial charge is 0.309 e. The zero-order chi connectivity index (χ0) is 14.3. The zero-order valence-corrected chi connectivity index (χ0v) is 13.2. The lowest BCUT2D eigenvalue weighted by atomic mass is 10.0. The van der Waals surface area contributed by atoms with Gasteiger partial charge in [-0.15, -0.1) is 0 Å². The van der Waals surface area contributed by atoms with Gasteiger partial charge in [0.05, 0.1) is 13.0 Å². The molecule has 0 unspecified atom stereocenters. The number of allylic oxidation sites excluding steroid dienone is 1. The molecule has 0 atom stereocenters. The average Bonchev–Trinajstić information content (AvgIpc) is 2.40. The Labute approximate surface area is 119 Å². The third kappa shape index (κ3) is 13.4. The summed E-state index contributed by atoms with van der Waals surface area (Å²) in [6.07, 6.45) is 14.4. The van der Waals surface area contributed by atoms with Crippen LogP contribution in [0, 0.1) is 0 Å². The van der Waals surface area contributed by atoms with Gasteiger partial charge in [0.1, 0.15) is 0 Å². The molecule has 0 amide bonds. The van der Waals surface area contributed by atoms with Crippen molar-refractivity contribution in [3.63, 3.8) is 0 Å². The number of ether oxygens (including phenoxy) is 1. The van der Waals surface area contributed by atoms with E-state index in [0.29, 0.717) is 13.0 Å². The van der Waals surface area contributed by atoms with Crippen LogP contribution in [0.2, 0.25) is 0 Å². The molecule has 0 saturated heterocycles. The lowest BCUT2D eigenvalue weighted by molar-refractivity contribution is -0.142. The molecular formula is C17H32O2. The largest absolute Gasteiger partial charge is 0.466 e. The number of rotatable bonds is 12. The van der Waals surface area contributed by atoms with Crippen molar-refractivity contribution < 1.29 is 9.53 Å². The van der Waals surface area contributed by atoms with E-state index >= 15 is 0 Å². The van der Waals surface area contributed by atoms with E-state index in [-0.39, 0.29) is 5.97 Å². The first kappa shape index (κ1) is 18.2. The summed E-state index contributed by atoms with van der Waals surface area (Å²) in [4.78, 5) is 11.2. The van der Waals surface area contributed by atoms with Crippen molar-refractivity contribution in [2.45, 2.75) is 85.0 Å². The number of hydrogen-bond donors (Lipinski definition) is 0. The summed E-state index contributed by atoms with van der Waals surface area (Å²) in [7, 11) is 0. The Morgan fingerprint density at radius 2 is 1.53 bits per heavy atom. The molecule has 0 saturated carbocycles. The fraction of sp³-hybridized carbons (Fsp3) is 0.824. The lowest BCUT2D eigenvalue weighted by Gasteiger charge is -2.03. The molecular weight excluding hydrogens is 236 g/mol. The van der Waals surface area contributed by atoms with Crippen molar-refractivity contribution >= 4 is 5.97 Å². The summed E-state index contributed by atoms with van der Waals surface area (Å²) in [6, 6.07) is 0. The summed E-state index contributed by atoms with van der Waals surface area (Å²) in [5.41, 5.74) is 1.32. The first-order valence-electron chi connectivity index (χ1n) is 8.02. The minimum atomic E-state index is -0.113. The quantitative estimate of drug-likeness (QED) is 0.268. The molecule has 0 bridgehead atoms. The summed E-state index contributed by atoms with van der Waals surface area (Å²) in [6.45, 7) is 6.69. The first-order chi connectivity index (χ1) is 9.20. The Hall–Kier alpha value is -0.790. The van der Waals surface area contributed by atoms with E-state index in [1.54, 1.807) is 0 Å². The van der Waals surface area contributed by atoms with Crippen LogP contribution in [0.25, 0.3) is 0 Å². The van der Waals surface area contributed by atoms with Crippen molar-refractivity contribution in [1.82, 2.24) is 0 Å². The third-order valence-corrected chi connectivity index (χ3v) is 3.35. The minimum Gasteiger partial charge on any atom is -0.466 e. The molecule has 0 heterocycles. The van der Waals surface area contributed by atoms with Crippen LogP contribution in [-0.2, 0) is 9.53 Å². The summed E-state index contributed by atoms with van der Waals surface area (Å²) >= 11 is 0. The van der Waals surface area contributed by atoms with E-state index in [9.17, 15) is 4.79 Å². The molecule has 2 heteroatoms. The second kappa shape index (κ2) is 13.6. The molecule has 0 aromatic heterocycles. The van der Waals surface area contributed by atoms with Crippen molar-refractivity contribution in [2.24, 2.45) is 0 Å². The van der Waals surface area contributed by atoms with Crippen molar-refractivity contribution in [3.8, 4) is 0 Å². The van der Waals surface area contributed by atoms with Gasteiger partial charge in [-0.05, 0) is 26.7 Å². The topological polar surface area (TPSA) is 26.3 Å². The van der Waals surface area contributed by atoms with Gasteiger partial charge in [0.2, 0.25) is 0 Å². The van der Waals surface area contributed by atoms with Gasteiger partial charge in [-0.25, -0.2) is 0 Å². The standard InChI is InChI=1S/C17H32O2/c1-4-6-7-8-9-10-11-12-13-16(3)14-15-17(18)19-5-2/h14H,4-13,15H2,1-3H3/b16-14+. The summed E-state index contributed by atoms with van der Waals surface area (Å²) < 4.78 is 4.90. The molecule has 0 aromatic rings. The van der Waals surface area contributed by atoms with Crippen LogP contribution in [0.1, 0.15) is 85.0 Å². The minimum absolute atomic E-state index is 0.113. The van der Waals surface area contributed by atoms with Crippen molar-refractivity contribution in [1.29, 1.82) is 0 Å². The first-order valence-corrected chi connectivity index (χ1v) is 8.02. The molecule has 0 radical (unpaired) electrons. The number of esters is 1. The Balaban J connectivity index is 3.39. The van der Waals surface area contributed by atoms with Crippen LogP contribution in [0.15, 0.2) is 11.6 Å². The predicted molar refractivity (Wildman–Crippen MR) is 82.2 cm³/mol. The number of carbonyl (C=O) groups excluding carboxylic acids is 1. The van der Waals surface area contributed by atoms with Crippen LogP contribution >= 0.6 is 0 Å². The SMILES string of the molecule is CCCCCCCCCC/C(C)=C/CC(=O)OCC. The van der Waals surface area contributed by atoms with E-state index in [1.807, 2.05) is 13.0 Å². The maximum absolute atomic E-state index is 11.2. The molecule has 0 aliphatic heterocycles. The molecule has 112 valence electrons. The highest BCUT2D eigenvalue weighted by molar-refractivity contribution is 5.71.